The zero-order valence-corrected chi connectivity index (χ0v) is 11.8. The van der Waals surface area contributed by atoms with Gasteiger partial charge < -0.3 is 4.74 Å². The molecule has 0 saturated carbocycles. The Morgan fingerprint density at radius 1 is 1.18 bits per heavy atom. The Labute approximate surface area is 114 Å². The van der Waals surface area contributed by atoms with Crippen molar-refractivity contribution in [1.82, 2.24) is 4.98 Å². The summed E-state index contributed by atoms with van der Waals surface area (Å²) in [5.74, 6) is 1.17. The number of benzene rings is 1. The fraction of sp³-hybridized carbons (Fsp3) is 0.154. The molecule has 0 fully saturated rings. The summed E-state index contributed by atoms with van der Waals surface area (Å²) < 4.78 is 6.62. The Balaban J connectivity index is 2.31. The second-order valence-corrected chi connectivity index (χ2v) is 5.01. The van der Waals surface area contributed by atoms with Crippen LogP contribution in [-0.4, -0.2) is 4.98 Å². The average Bonchev–Trinajstić information content (AvgIpc) is 2.29. The third-order valence-electron chi connectivity index (χ3n) is 2.30. The summed E-state index contributed by atoms with van der Waals surface area (Å²) in [5.41, 5.74) is 1.98. The number of hydrogen-bond acceptors (Lipinski definition) is 2. The summed E-state index contributed by atoms with van der Waals surface area (Å²) in [5, 5.41) is 0.581. The summed E-state index contributed by atoms with van der Waals surface area (Å²) in [6.45, 7) is 3.90. The molecule has 1 heterocycles. The highest BCUT2D eigenvalue weighted by Gasteiger charge is 2.05. The molecule has 4 heteroatoms. The largest absolute Gasteiger partial charge is 0.437 e. The standard InChI is InChI=1S/C13H11BrClNO/c1-8-3-5-11(15)12(7-8)17-13-6-4-10(14)9(2)16-13/h3-7H,1-2H3. The second kappa shape index (κ2) is 5.07. The van der Waals surface area contributed by atoms with Crippen LogP contribution in [0.2, 0.25) is 5.02 Å². The van der Waals surface area contributed by atoms with Crippen molar-refractivity contribution >= 4 is 27.5 Å². The van der Waals surface area contributed by atoms with Crippen LogP contribution in [0, 0.1) is 13.8 Å². The van der Waals surface area contributed by atoms with Crippen molar-refractivity contribution in [2.24, 2.45) is 0 Å². The first kappa shape index (κ1) is 12.4. The van der Waals surface area contributed by atoms with E-state index >= 15 is 0 Å². The van der Waals surface area contributed by atoms with E-state index in [1.54, 1.807) is 6.07 Å². The predicted octanol–water partition coefficient (Wildman–Crippen LogP) is 4.91. The molecule has 0 atom stereocenters. The van der Waals surface area contributed by atoms with Crippen LogP contribution in [0.25, 0.3) is 0 Å². The summed E-state index contributed by atoms with van der Waals surface area (Å²) in [4.78, 5) is 4.31. The maximum absolute atomic E-state index is 6.06. The minimum absolute atomic E-state index is 0.540. The summed E-state index contributed by atoms with van der Waals surface area (Å²) >= 11 is 9.45. The minimum atomic E-state index is 0.540. The average molecular weight is 313 g/mol. The predicted molar refractivity (Wildman–Crippen MR) is 72.9 cm³/mol. The van der Waals surface area contributed by atoms with Crippen LogP contribution in [0.15, 0.2) is 34.8 Å². The van der Waals surface area contributed by atoms with Gasteiger partial charge in [-0.05, 0) is 53.5 Å². The van der Waals surface area contributed by atoms with Crippen LogP contribution in [0.3, 0.4) is 0 Å². The lowest BCUT2D eigenvalue weighted by Gasteiger charge is -2.08. The van der Waals surface area contributed by atoms with Gasteiger partial charge in [-0.3, -0.25) is 0 Å². The number of halogens is 2. The zero-order chi connectivity index (χ0) is 12.4. The van der Waals surface area contributed by atoms with Crippen molar-refractivity contribution in [3.8, 4) is 11.6 Å². The van der Waals surface area contributed by atoms with Crippen molar-refractivity contribution in [2.45, 2.75) is 13.8 Å². The molecular weight excluding hydrogens is 302 g/mol. The number of rotatable bonds is 2. The highest BCUT2D eigenvalue weighted by atomic mass is 79.9. The van der Waals surface area contributed by atoms with Gasteiger partial charge >= 0.3 is 0 Å². The molecule has 0 spiro atoms. The lowest BCUT2D eigenvalue weighted by Crippen LogP contribution is -1.91. The number of aromatic nitrogens is 1. The molecule has 2 aromatic rings. The molecule has 2 rings (SSSR count). The van der Waals surface area contributed by atoms with Crippen LogP contribution < -0.4 is 4.74 Å². The molecule has 17 heavy (non-hydrogen) atoms. The van der Waals surface area contributed by atoms with Crippen LogP contribution >= 0.6 is 27.5 Å². The fourth-order valence-electron chi connectivity index (χ4n) is 1.38. The lowest BCUT2D eigenvalue weighted by atomic mass is 10.2. The number of hydrogen-bond donors (Lipinski definition) is 0. The van der Waals surface area contributed by atoms with Crippen LogP contribution in [0.1, 0.15) is 11.3 Å². The van der Waals surface area contributed by atoms with E-state index < -0.39 is 0 Å². The van der Waals surface area contributed by atoms with E-state index in [0.29, 0.717) is 16.7 Å². The molecule has 0 amide bonds. The van der Waals surface area contributed by atoms with E-state index in [-0.39, 0.29) is 0 Å². The van der Waals surface area contributed by atoms with E-state index in [4.69, 9.17) is 16.3 Å². The molecule has 0 bridgehead atoms. The lowest BCUT2D eigenvalue weighted by molar-refractivity contribution is 0.461. The van der Waals surface area contributed by atoms with Crippen molar-refractivity contribution in [3.63, 3.8) is 0 Å². The molecule has 0 N–H and O–H groups in total. The van der Waals surface area contributed by atoms with Crippen molar-refractivity contribution in [2.75, 3.05) is 0 Å². The second-order valence-electron chi connectivity index (χ2n) is 3.75. The van der Waals surface area contributed by atoms with E-state index in [1.807, 2.05) is 38.1 Å². The maximum Gasteiger partial charge on any atom is 0.219 e. The number of aryl methyl sites for hydroxylation is 2. The van der Waals surface area contributed by atoms with Gasteiger partial charge in [0.05, 0.1) is 10.7 Å². The van der Waals surface area contributed by atoms with Gasteiger partial charge in [-0.25, -0.2) is 4.98 Å². The Morgan fingerprint density at radius 3 is 2.65 bits per heavy atom. The first-order valence-electron chi connectivity index (χ1n) is 5.13. The van der Waals surface area contributed by atoms with Gasteiger partial charge in [-0.2, -0.15) is 0 Å². The summed E-state index contributed by atoms with van der Waals surface area (Å²) in [7, 11) is 0. The Bertz CT molecular complexity index is 557. The zero-order valence-electron chi connectivity index (χ0n) is 9.50. The number of ether oxygens (including phenoxy) is 1. The molecule has 0 aliphatic heterocycles. The van der Waals surface area contributed by atoms with Gasteiger partial charge in [0.15, 0.2) is 0 Å². The highest BCUT2D eigenvalue weighted by Crippen LogP contribution is 2.30. The van der Waals surface area contributed by atoms with E-state index in [2.05, 4.69) is 20.9 Å². The van der Waals surface area contributed by atoms with Crippen LogP contribution in [0.4, 0.5) is 0 Å². The Hall–Kier alpha value is -1.06. The summed E-state index contributed by atoms with van der Waals surface area (Å²) in [6, 6.07) is 9.35. The first-order valence-corrected chi connectivity index (χ1v) is 6.30. The quantitative estimate of drug-likeness (QED) is 0.786. The number of pyridine rings is 1. The van der Waals surface area contributed by atoms with Gasteiger partial charge in [-0.1, -0.05) is 17.7 Å². The van der Waals surface area contributed by atoms with Gasteiger partial charge in [0.1, 0.15) is 5.75 Å². The van der Waals surface area contributed by atoms with Crippen molar-refractivity contribution < 1.29 is 4.74 Å². The molecule has 0 unspecified atom stereocenters. The molecule has 2 nitrogen and oxygen atoms in total. The normalized spacial score (nSPS) is 10.4. The highest BCUT2D eigenvalue weighted by molar-refractivity contribution is 9.10. The van der Waals surface area contributed by atoms with Gasteiger partial charge in [-0.15, -0.1) is 0 Å². The Morgan fingerprint density at radius 2 is 1.94 bits per heavy atom. The third kappa shape index (κ3) is 2.99. The molecule has 0 radical (unpaired) electrons. The fourth-order valence-corrected chi connectivity index (χ4v) is 1.76. The molecular formula is C13H11BrClNO. The van der Waals surface area contributed by atoms with E-state index in [1.165, 1.54) is 0 Å². The van der Waals surface area contributed by atoms with Crippen LogP contribution in [-0.2, 0) is 0 Å². The monoisotopic (exact) mass is 311 g/mol. The molecule has 1 aromatic heterocycles. The summed E-state index contributed by atoms with van der Waals surface area (Å²) in [6.07, 6.45) is 0. The molecule has 0 aliphatic carbocycles. The molecule has 0 saturated heterocycles. The van der Waals surface area contributed by atoms with Gasteiger partial charge in [0.2, 0.25) is 5.88 Å². The maximum atomic E-state index is 6.06. The van der Waals surface area contributed by atoms with Gasteiger partial charge in [0.25, 0.3) is 0 Å². The SMILES string of the molecule is Cc1ccc(Cl)c(Oc2ccc(Br)c(C)n2)c1. The van der Waals surface area contributed by atoms with Crippen molar-refractivity contribution in [1.29, 1.82) is 0 Å². The Kier molecular flexibility index (Phi) is 3.69. The van der Waals surface area contributed by atoms with Crippen molar-refractivity contribution in [3.05, 3.63) is 51.1 Å². The topological polar surface area (TPSA) is 22.1 Å². The van der Waals surface area contributed by atoms with E-state index in [0.717, 1.165) is 15.7 Å². The van der Waals surface area contributed by atoms with E-state index in [9.17, 15) is 0 Å². The van der Waals surface area contributed by atoms with Gasteiger partial charge in [0, 0.05) is 10.5 Å². The minimum Gasteiger partial charge on any atom is -0.437 e. The van der Waals surface area contributed by atoms with Crippen LogP contribution in [0.5, 0.6) is 11.6 Å². The number of nitrogens with zero attached hydrogens (tertiary/aromatic N) is 1. The molecule has 88 valence electrons. The first-order chi connectivity index (χ1) is 8.06. The smallest absolute Gasteiger partial charge is 0.219 e. The third-order valence-corrected chi connectivity index (χ3v) is 3.45. The molecule has 0 aliphatic rings. The molecule has 1 aromatic carbocycles.